The molecule has 2 saturated heterocycles. The topological polar surface area (TPSA) is 55.8 Å². The third-order valence-electron chi connectivity index (χ3n) is 4.51. The van der Waals surface area contributed by atoms with Gasteiger partial charge in [0.25, 0.3) is 0 Å². The summed E-state index contributed by atoms with van der Waals surface area (Å²) < 4.78 is 11.0. The molecule has 1 aromatic carbocycles. The summed E-state index contributed by atoms with van der Waals surface area (Å²) in [5, 5.41) is -0.875. The van der Waals surface area contributed by atoms with Crippen molar-refractivity contribution in [3.63, 3.8) is 0 Å². The van der Waals surface area contributed by atoms with Gasteiger partial charge in [-0.1, -0.05) is 64.1 Å². The molecule has 2 aliphatic heterocycles. The molecule has 5 nitrogen and oxygen atoms in total. The number of amides is 1. The lowest BCUT2D eigenvalue weighted by Gasteiger charge is -2.50. The molecule has 0 aromatic heterocycles. The van der Waals surface area contributed by atoms with E-state index in [0.29, 0.717) is 13.0 Å². The maximum absolute atomic E-state index is 12.8. The molecule has 140 valence electrons. The van der Waals surface area contributed by atoms with Crippen molar-refractivity contribution >= 4 is 39.6 Å². The van der Waals surface area contributed by atoms with E-state index in [-0.39, 0.29) is 12.5 Å². The number of benzene rings is 1. The van der Waals surface area contributed by atoms with Crippen LogP contribution in [0.25, 0.3) is 0 Å². The van der Waals surface area contributed by atoms with Crippen molar-refractivity contribution in [3.05, 3.63) is 48.6 Å². The number of carbonyl (C=O) groups excluding carboxylic acids is 2. The van der Waals surface area contributed by atoms with Crippen LogP contribution in [0.2, 0.25) is 0 Å². The van der Waals surface area contributed by atoms with Gasteiger partial charge >= 0.3 is 5.97 Å². The van der Waals surface area contributed by atoms with Crippen molar-refractivity contribution in [2.75, 3.05) is 6.61 Å². The Bertz CT molecular complexity index is 711. The molecule has 2 aliphatic rings. The smallest absolute Gasteiger partial charge is 0.330 e. The van der Waals surface area contributed by atoms with Crippen LogP contribution < -0.4 is 0 Å². The second-order valence-corrected chi connectivity index (χ2v) is 9.59. The lowest BCUT2D eigenvalue weighted by atomic mass is 9.97. The third kappa shape index (κ3) is 3.21. The van der Waals surface area contributed by atoms with Gasteiger partial charge in [0.15, 0.2) is 4.83 Å². The molecule has 0 N–H and O–H groups in total. The fourth-order valence-electron chi connectivity index (χ4n) is 3.30. The molecule has 1 amide bonds. The number of thioether (sulfide) groups is 1. The number of halogens is 1. The van der Waals surface area contributed by atoms with E-state index in [1.807, 2.05) is 44.2 Å². The van der Waals surface area contributed by atoms with Crippen LogP contribution in [0.4, 0.5) is 0 Å². The second-order valence-electron chi connectivity index (χ2n) is 6.83. The molecule has 0 radical (unpaired) electrons. The van der Waals surface area contributed by atoms with Gasteiger partial charge in [0.2, 0.25) is 11.0 Å². The van der Waals surface area contributed by atoms with E-state index < -0.39 is 26.6 Å². The second kappa shape index (κ2) is 7.37. The third-order valence-corrected chi connectivity index (χ3v) is 7.42. The van der Waals surface area contributed by atoms with Crippen LogP contribution in [0.3, 0.4) is 0 Å². The van der Waals surface area contributed by atoms with Crippen LogP contribution in [0.5, 0.6) is 0 Å². The van der Waals surface area contributed by atoms with Gasteiger partial charge in [-0.2, -0.15) is 0 Å². The first-order valence-electron chi connectivity index (χ1n) is 8.46. The molecule has 0 aliphatic carbocycles. The number of alkyl halides is 1. The number of hydrogen-bond donors (Lipinski definition) is 0. The van der Waals surface area contributed by atoms with Gasteiger partial charge in [-0.3, -0.25) is 9.69 Å². The number of nitrogens with zero attached hydrogens (tertiary/aromatic N) is 1. The molecule has 1 unspecified atom stereocenters. The van der Waals surface area contributed by atoms with Crippen LogP contribution >= 0.6 is 27.7 Å². The van der Waals surface area contributed by atoms with E-state index in [9.17, 15) is 9.59 Å². The molecule has 3 rings (SSSR count). The minimum atomic E-state index is -0.875. The van der Waals surface area contributed by atoms with Crippen LogP contribution in [0.1, 0.15) is 25.8 Å². The zero-order valence-corrected chi connectivity index (χ0v) is 17.2. The number of esters is 1. The van der Waals surface area contributed by atoms with Crippen molar-refractivity contribution in [2.24, 2.45) is 0 Å². The van der Waals surface area contributed by atoms with E-state index in [0.717, 1.165) is 5.56 Å². The summed E-state index contributed by atoms with van der Waals surface area (Å²) in [5.74, 6) is -0.559. The summed E-state index contributed by atoms with van der Waals surface area (Å²) >= 11 is 4.92. The van der Waals surface area contributed by atoms with Gasteiger partial charge in [0, 0.05) is 4.75 Å². The van der Waals surface area contributed by atoms with Crippen LogP contribution in [-0.4, -0.2) is 44.1 Å². The normalized spacial score (nSPS) is 29.0. The van der Waals surface area contributed by atoms with E-state index in [2.05, 4.69) is 22.5 Å². The lowest BCUT2D eigenvalue weighted by Crippen LogP contribution is -2.72. The molecule has 1 aromatic rings. The zero-order valence-electron chi connectivity index (χ0n) is 14.8. The van der Waals surface area contributed by atoms with Crippen molar-refractivity contribution in [1.82, 2.24) is 4.90 Å². The largest absolute Gasteiger partial charge is 0.459 e. The maximum Gasteiger partial charge on any atom is 0.330 e. The van der Waals surface area contributed by atoms with E-state index in [4.69, 9.17) is 9.47 Å². The van der Waals surface area contributed by atoms with E-state index >= 15 is 0 Å². The van der Waals surface area contributed by atoms with Gasteiger partial charge in [0.05, 0.1) is 6.61 Å². The molecule has 0 spiro atoms. The molecule has 26 heavy (non-hydrogen) atoms. The van der Waals surface area contributed by atoms with Crippen LogP contribution in [0.15, 0.2) is 43.0 Å². The fourth-order valence-corrected chi connectivity index (χ4v) is 5.86. The van der Waals surface area contributed by atoms with Gasteiger partial charge in [-0.25, -0.2) is 4.79 Å². The van der Waals surface area contributed by atoms with Gasteiger partial charge in [0.1, 0.15) is 12.6 Å². The monoisotopic (exact) mass is 439 g/mol. The van der Waals surface area contributed by atoms with Crippen molar-refractivity contribution in [2.45, 2.75) is 47.5 Å². The Morgan fingerprint density at radius 1 is 1.38 bits per heavy atom. The Morgan fingerprint density at radius 2 is 2.08 bits per heavy atom. The first kappa shape index (κ1) is 19.5. The van der Waals surface area contributed by atoms with Gasteiger partial charge in [-0.15, -0.1) is 6.58 Å². The molecule has 2 fully saturated rings. The number of rotatable bonds is 7. The molecule has 7 heteroatoms. The predicted molar refractivity (Wildman–Crippen MR) is 105 cm³/mol. The number of hydrogen-bond acceptors (Lipinski definition) is 5. The zero-order chi connectivity index (χ0) is 18.9. The first-order valence-corrected chi connectivity index (χ1v) is 10.2. The minimum absolute atomic E-state index is 0.150. The summed E-state index contributed by atoms with van der Waals surface area (Å²) in [6, 6.07) is 8.80. The Kier molecular flexibility index (Phi) is 5.51. The lowest BCUT2D eigenvalue weighted by molar-refractivity contribution is -0.193. The SMILES string of the molecule is C=CCCOC12SC(C)(C)[C@H](C(=O)OCc3ccccc3)N1C(=O)[C@H]2Br. The van der Waals surface area contributed by atoms with Crippen molar-refractivity contribution in [3.8, 4) is 0 Å². The standard InChI is InChI=1S/C19H22BrNO4S/c1-4-5-11-25-19-14(20)16(22)21(19)15(18(2,3)26-19)17(23)24-12-13-9-7-6-8-10-13/h4,6-10,14-15H,1,5,11-12H2,2-3H3/t14-,15+,19?/m1/s1. The summed E-state index contributed by atoms with van der Waals surface area (Å²) in [5.41, 5.74) is 0.908. The molecule has 0 saturated carbocycles. The van der Waals surface area contributed by atoms with Crippen molar-refractivity contribution < 1.29 is 19.1 Å². The molecular formula is C19H22BrNO4S. The molecule has 2 heterocycles. The minimum Gasteiger partial charge on any atom is -0.459 e. The van der Waals surface area contributed by atoms with Crippen LogP contribution in [0, 0.1) is 0 Å². The number of ether oxygens (including phenoxy) is 2. The Morgan fingerprint density at radius 3 is 2.73 bits per heavy atom. The summed E-state index contributed by atoms with van der Waals surface area (Å²) in [6.07, 6.45) is 2.44. The maximum atomic E-state index is 12.8. The highest BCUT2D eigenvalue weighted by molar-refractivity contribution is 9.10. The Balaban J connectivity index is 1.76. The number of β-lactam (4-membered cyclic amide) rings is 1. The van der Waals surface area contributed by atoms with E-state index in [1.54, 1.807) is 6.08 Å². The highest BCUT2D eigenvalue weighted by atomic mass is 79.9. The van der Waals surface area contributed by atoms with E-state index in [1.165, 1.54) is 16.7 Å². The van der Waals surface area contributed by atoms with Gasteiger partial charge < -0.3 is 9.47 Å². The molecular weight excluding hydrogens is 418 g/mol. The fraction of sp³-hybridized carbons (Fsp3) is 0.474. The molecule has 0 bridgehead atoms. The summed E-state index contributed by atoms with van der Waals surface area (Å²) in [7, 11) is 0. The highest BCUT2D eigenvalue weighted by Crippen LogP contribution is 2.61. The molecule has 3 atom stereocenters. The Labute approximate surface area is 166 Å². The number of carbonyl (C=O) groups is 2. The summed E-state index contributed by atoms with van der Waals surface area (Å²) in [4.78, 5) is 26.4. The van der Waals surface area contributed by atoms with Gasteiger partial charge in [-0.05, 0) is 25.8 Å². The highest BCUT2D eigenvalue weighted by Gasteiger charge is 2.74. The first-order chi connectivity index (χ1) is 12.3. The van der Waals surface area contributed by atoms with Crippen LogP contribution in [-0.2, 0) is 25.7 Å². The summed E-state index contributed by atoms with van der Waals surface area (Å²) in [6.45, 7) is 8.19. The predicted octanol–water partition coefficient (Wildman–Crippen LogP) is 3.48. The Hall–Kier alpha value is -1.31. The quantitative estimate of drug-likeness (QED) is 0.214. The number of fused-ring (bicyclic) bond motifs is 1. The average molecular weight is 440 g/mol. The average Bonchev–Trinajstić information content (AvgIpc) is 2.85. The van der Waals surface area contributed by atoms with Crippen molar-refractivity contribution in [1.29, 1.82) is 0 Å².